The lowest BCUT2D eigenvalue weighted by molar-refractivity contribution is 0.0953. The molecule has 0 fully saturated rings. The average Bonchev–Trinajstić information content (AvgIpc) is 2.67. The van der Waals surface area contributed by atoms with Crippen molar-refractivity contribution in [3.63, 3.8) is 0 Å². The molecule has 1 N–H and O–H groups in total. The normalized spacial score (nSPS) is 10.2. The number of rotatable bonds is 9. The largest absolute Gasteiger partial charge is 0.493 e. The molecule has 0 bridgehead atoms. The molecular weight excluding hydrogens is 316 g/mol. The van der Waals surface area contributed by atoms with Crippen LogP contribution in [-0.2, 0) is 0 Å². The minimum atomic E-state index is -0.108. The number of hydrogen-bond donors (Lipinski definition) is 1. The van der Waals surface area contributed by atoms with Gasteiger partial charge in [0.05, 0.1) is 14.2 Å². The van der Waals surface area contributed by atoms with Crippen molar-refractivity contribution in [1.29, 1.82) is 0 Å². The van der Waals surface area contributed by atoms with Crippen molar-refractivity contribution in [1.82, 2.24) is 5.32 Å². The molecule has 2 aromatic carbocycles. The van der Waals surface area contributed by atoms with Gasteiger partial charge >= 0.3 is 0 Å². The number of benzene rings is 2. The molecule has 5 heteroatoms. The molecule has 0 saturated heterocycles. The molecular formula is C20H26N2O3. The van der Waals surface area contributed by atoms with E-state index in [-0.39, 0.29) is 5.91 Å². The third kappa shape index (κ3) is 5.14. The zero-order valence-electron chi connectivity index (χ0n) is 15.1. The van der Waals surface area contributed by atoms with E-state index < -0.39 is 0 Å². The number of methoxy groups -OCH3 is 2. The van der Waals surface area contributed by atoms with Crippen LogP contribution in [0.1, 0.15) is 23.7 Å². The number of hydrogen-bond acceptors (Lipinski definition) is 4. The second kappa shape index (κ2) is 9.57. The molecule has 0 aliphatic rings. The van der Waals surface area contributed by atoms with E-state index in [0.717, 1.165) is 19.5 Å². The molecule has 1 amide bonds. The number of amides is 1. The summed E-state index contributed by atoms with van der Waals surface area (Å²) in [5.74, 6) is 1.06. The molecule has 134 valence electrons. The van der Waals surface area contributed by atoms with Crippen molar-refractivity contribution in [2.24, 2.45) is 0 Å². The summed E-state index contributed by atoms with van der Waals surface area (Å²) in [6, 6.07) is 15.5. The van der Waals surface area contributed by atoms with Crippen LogP contribution in [0, 0.1) is 0 Å². The third-order valence-corrected chi connectivity index (χ3v) is 4.04. The maximum atomic E-state index is 12.3. The van der Waals surface area contributed by atoms with Gasteiger partial charge < -0.3 is 19.7 Å². The highest BCUT2D eigenvalue weighted by atomic mass is 16.5. The Bertz CT molecular complexity index is 674. The summed E-state index contributed by atoms with van der Waals surface area (Å²) in [4.78, 5) is 14.6. The van der Waals surface area contributed by atoms with E-state index in [2.05, 4.69) is 29.3 Å². The molecule has 2 rings (SSSR count). The van der Waals surface area contributed by atoms with Crippen LogP contribution in [0.15, 0.2) is 48.5 Å². The highest BCUT2D eigenvalue weighted by Crippen LogP contribution is 2.27. The Balaban J connectivity index is 1.84. The van der Waals surface area contributed by atoms with Gasteiger partial charge in [-0.3, -0.25) is 4.79 Å². The van der Waals surface area contributed by atoms with Crippen LogP contribution in [0.25, 0.3) is 0 Å². The zero-order chi connectivity index (χ0) is 18.1. The first kappa shape index (κ1) is 18.6. The first-order valence-electron chi connectivity index (χ1n) is 8.49. The molecule has 25 heavy (non-hydrogen) atoms. The van der Waals surface area contributed by atoms with Gasteiger partial charge in [-0.1, -0.05) is 18.2 Å². The van der Waals surface area contributed by atoms with Gasteiger partial charge in [-0.25, -0.2) is 0 Å². The van der Waals surface area contributed by atoms with Gasteiger partial charge in [0, 0.05) is 30.9 Å². The first-order valence-corrected chi connectivity index (χ1v) is 8.49. The van der Waals surface area contributed by atoms with Crippen LogP contribution in [-0.4, -0.2) is 39.8 Å². The Morgan fingerprint density at radius 1 is 1.04 bits per heavy atom. The fourth-order valence-corrected chi connectivity index (χ4v) is 2.66. The molecule has 0 atom stereocenters. The number of carbonyl (C=O) groups is 1. The van der Waals surface area contributed by atoms with E-state index in [4.69, 9.17) is 9.47 Å². The van der Waals surface area contributed by atoms with Crippen LogP contribution in [0.3, 0.4) is 0 Å². The van der Waals surface area contributed by atoms with Gasteiger partial charge in [0.15, 0.2) is 11.5 Å². The Kier molecular flexibility index (Phi) is 7.14. The highest BCUT2D eigenvalue weighted by Gasteiger charge is 2.10. The summed E-state index contributed by atoms with van der Waals surface area (Å²) in [5.41, 5.74) is 1.77. The third-order valence-electron chi connectivity index (χ3n) is 4.04. The van der Waals surface area contributed by atoms with E-state index in [0.29, 0.717) is 23.6 Å². The van der Waals surface area contributed by atoms with Gasteiger partial charge in [-0.2, -0.15) is 0 Å². The van der Waals surface area contributed by atoms with Gasteiger partial charge in [-0.15, -0.1) is 0 Å². The molecule has 0 radical (unpaired) electrons. The molecule has 0 heterocycles. The van der Waals surface area contributed by atoms with Gasteiger partial charge in [0.2, 0.25) is 0 Å². The van der Waals surface area contributed by atoms with Crippen molar-refractivity contribution in [2.45, 2.75) is 13.3 Å². The molecule has 0 unspecified atom stereocenters. The molecule has 0 aliphatic heterocycles. The molecule has 2 aromatic rings. The van der Waals surface area contributed by atoms with E-state index in [1.165, 1.54) is 5.69 Å². The Hall–Kier alpha value is -2.69. The number of nitrogens with one attached hydrogen (secondary N) is 1. The van der Waals surface area contributed by atoms with E-state index >= 15 is 0 Å². The molecule has 0 aliphatic carbocycles. The van der Waals surface area contributed by atoms with Crippen molar-refractivity contribution in [3.8, 4) is 11.5 Å². The standard InChI is InChI=1S/C20H26N2O3/c1-4-22(17-9-6-5-7-10-17)14-8-13-21-20(23)16-11-12-18(24-2)19(15-16)25-3/h5-7,9-12,15H,4,8,13-14H2,1-3H3,(H,21,23). The average molecular weight is 342 g/mol. The highest BCUT2D eigenvalue weighted by molar-refractivity contribution is 5.94. The smallest absolute Gasteiger partial charge is 0.251 e. The number of carbonyl (C=O) groups excluding carboxylic acids is 1. The molecule has 0 spiro atoms. The second-order valence-corrected chi connectivity index (χ2v) is 5.59. The monoisotopic (exact) mass is 342 g/mol. The number of ether oxygens (including phenoxy) is 2. The SMILES string of the molecule is CCN(CCCNC(=O)c1ccc(OC)c(OC)c1)c1ccccc1. The van der Waals surface area contributed by atoms with Crippen LogP contribution >= 0.6 is 0 Å². The lowest BCUT2D eigenvalue weighted by atomic mass is 10.2. The lowest BCUT2D eigenvalue weighted by Gasteiger charge is -2.23. The van der Waals surface area contributed by atoms with Crippen molar-refractivity contribution < 1.29 is 14.3 Å². The van der Waals surface area contributed by atoms with E-state index in [1.54, 1.807) is 32.4 Å². The Morgan fingerprint density at radius 2 is 1.76 bits per heavy atom. The Labute approximate surface area is 149 Å². The van der Waals surface area contributed by atoms with E-state index in [9.17, 15) is 4.79 Å². The summed E-state index contributed by atoms with van der Waals surface area (Å²) < 4.78 is 10.4. The maximum Gasteiger partial charge on any atom is 0.251 e. The van der Waals surface area contributed by atoms with Crippen LogP contribution in [0.4, 0.5) is 5.69 Å². The van der Waals surface area contributed by atoms with Crippen LogP contribution < -0.4 is 19.7 Å². The predicted molar refractivity (Wildman–Crippen MR) is 101 cm³/mol. The van der Waals surface area contributed by atoms with Crippen molar-refractivity contribution >= 4 is 11.6 Å². The summed E-state index contributed by atoms with van der Waals surface area (Å²) in [7, 11) is 3.13. The molecule has 0 saturated carbocycles. The fraction of sp³-hybridized carbons (Fsp3) is 0.350. The molecule has 5 nitrogen and oxygen atoms in total. The molecule has 0 aromatic heterocycles. The Morgan fingerprint density at radius 3 is 2.40 bits per heavy atom. The van der Waals surface area contributed by atoms with Gasteiger partial charge in [-0.05, 0) is 43.7 Å². The number of nitrogens with zero attached hydrogens (tertiary/aromatic N) is 1. The van der Waals surface area contributed by atoms with Gasteiger partial charge in [0.25, 0.3) is 5.91 Å². The minimum absolute atomic E-state index is 0.108. The second-order valence-electron chi connectivity index (χ2n) is 5.59. The number of anilines is 1. The van der Waals surface area contributed by atoms with Crippen molar-refractivity contribution in [2.75, 3.05) is 38.8 Å². The minimum Gasteiger partial charge on any atom is -0.493 e. The predicted octanol–water partition coefficient (Wildman–Crippen LogP) is 3.35. The number of para-hydroxylation sites is 1. The van der Waals surface area contributed by atoms with Crippen LogP contribution in [0.5, 0.6) is 11.5 Å². The zero-order valence-corrected chi connectivity index (χ0v) is 15.1. The lowest BCUT2D eigenvalue weighted by Crippen LogP contribution is -2.29. The fourth-order valence-electron chi connectivity index (χ4n) is 2.66. The maximum absolute atomic E-state index is 12.3. The topological polar surface area (TPSA) is 50.8 Å². The van der Waals surface area contributed by atoms with E-state index in [1.807, 2.05) is 18.2 Å². The van der Waals surface area contributed by atoms with Crippen molar-refractivity contribution in [3.05, 3.63) is 54.1 Å². The summed E-state index contributed by atoms with van der Waals surface area (Å²) in [6.45, 7) is 4.59. The summed E-state index contributed by atoms with van der Waals surface area (Å²) in [5, 5.41) is 2.96. The quantitative estimate of drug-likeness (QED) is 0.710. The first-order chi connectivity index (χ1) is 12.2. The summed E-state index contributed by atoms with van der Waals surface area (Å²) in [6.07, 6.45) is 0.877. The van der Waals surface area contributed by atoms with Gasteiger partial charge in [0.1, 0.15) is 0 Å². The summed E-state index contributed by atoms with van der Waals surface area (Å²) >= 11 is 0. The van der Waals surface area contributed by atoms with Crippen LogP contribution in [0.2, 0.25) is 0 Å².